The van der Waals surface area contributed by atoms with Crippen molar-refractivity contribution in [1.82, 2.24) is 0 Å². The first-order valence-corrected chi connectivity index (χ1v) is 3.50. The van der Waals surface area contributed by atoms with Gasteiger partial charge in [-0.25, -0.2) is 0 Å². The Hall–Kier alpha value is -1.16. The molecule has 1 aromatic rings. The Labute approximate surface area is 69.2 Å². The van der Waals surface area contributed by atoms with E-state index < -0.39 is 12.5 Å². The summed E-state index contributed by atoms with van der Waals surface area (Å²) in [5.41, 5.74) is 10.6. The number of rotatable bonds is 2. The predicted octanol–water partition coefficient (Wildman–Crippen LogP) is 1.32. The van der Waals surface area contributed by atoms with Crippen LogP contribution in [0.1, 0.15) is 5.56 Å². The minimum atomic E-state index is -2.95. The average molecular weight is 172 g/mol. The van der Waals surface area contributed by atoms with E-state index in [1.54, 1.807) is 0 Å². The lowest BCUT2D eigenvalue weighted by Crippen LogP contribution is -2.24. The monoisotopic (exact) mass is 172 g/mol. The molecule has 0 atom stereocenters. The molecule has 2 nitrogen and oxygen atoms in total. The van der Waals surface area contributed by atoms with Crippen LogP contribution in [0.3, 0.4) is 0 Å². The Morgan fingerprint density at radius 3 is 2.08 bits per heavy atom. The number of hydrogen-bond acceptors (Lipinski definition) is 2. The zero-order valence-corrected chi connectivity index (χ0v) is 6.43. The van der Waals surface area contributed by atoms with Gasteiger partial charge in [-0.05, 0) is 12.1 Å². The third-order valence-corrected chi connectivity index (χ3v) is 1.59. The summed E-state index contributed by atoms with van der Waals surface area (Å²) in [6.07, 6.45) is 0. The molecule has 4 heteroatoms. The first kappa shape index (κ1) is 8.93. The van der Waals surface area contributed by atoms with Crippen LogP contribution in [-0.2, 0) is 5.92 Å². The van der Waals surface area contributed by atoms with Crippen LogP contribution in [0.15, 0.2) is 24.3 Å². The van der Waals surface area contributed by atoms with E-state index in [1.807, 2.05) is 0 Å². The molecule has 1 aromatic carbocycles. The second-order valence-electron chi connectivity index (χ2n) is 2.53. The quantitative estimate of drug-likeness (QED) is 0.661. The number of nitrogen functional groups attached to an aromatic ring is 1. The maximum Gasteiger partial charge on any atom is 0.285 e. The fourth-order valence-electron chi connectivity index (χ4n) is 0.845. The molecule has 0 saturated heterocycles. The zero-order chi connectivity index (χ0) is 9.19. The summed E-state index contributed by atoms with van der Waals surface area (Å²) >= 11 is 0. The van der Waals surface area contributed by atoms with Crippen LogP contribution in [0.2, 0.25) is 0 Å². The SMILES string of the molecule is NCC(F)(F)c1ccc(N)cc1. The molecule has 0 unspecified atom stereocenters. The molecule has 12 heavy (non-hydrogen) atoms. The average Bonchev–Trinajstić information content (AvgIpc) is 2.05. The van der Waals surface area contributed by atoms with Crippen LogP contribution in [0.5, 0.6) is 0 Å². The van der Waals surface area contributed by atoms with E-state index in [0.29, 0.717) is 5.69 Å². The molecule has 0 aliphatic carbocycles. The summed E-state index contributed by atoms with van der Waals surface area (Å²) in [5, 5.41) is 0. The molecule has 4 N–H and O–H groups in total. The van der Waals surface area contributed by atoms with Crippen molar-refractivity contribution >= 4 is 5.69 Å². The van der Waals surface area contributed by atoms with Gasteiger partial charge in [0.05, 0.1) is 6.54 Å². The third kappa shape index (κ3) is 1.71. The Morgan fingerprint density at radius 1 is 1.17 bits per heavy atom. The fourth-order valence-corrected chi connectivity index (χ4v) is 0.845. The van der Waals surface area contributed by atoms with E-state index in [1.165, 1.54) is 24.3 Å². The van der Waals surface area contributed by atoms with Crippen molar-refractivity contribution in [2.24, 2.45) is 5.73 Å². The van der Waals surface area contributed by atoms with Crippen LogP contribution < -0.4 is 11.5 Å². The second-order valence-corrected chi connectivity index (χ2v) is 2.53. The minimum Gasteiger partial charge on any atom is -0.399 e. The lowest BCUT2D eigenvalue weighted by atomic mass is 10.1. The van der Waals surface area contributed by atoms with Crippen molar-refractivity contribution in [2.45, 2.75) is 5.92 Å². The molecule has 0 aromatic heterocycles. The lowest BCUT2D eigenvalue weighted by Gasteiger charge is -2.13. The highest BCUT2D eigenvalue weighted by Crippen LogP contribution is 2.26. The number of alkyl halides is 2. The topological polar surface area (TPSA) is 52.0 Å². The second kappa shape index (κ2) is 3.06. The van der Waals surface area contributed by atoms with Crippen molar-refractivity contribution in [3.8, 4) is 0 Å². The first-order valence-electron chi connectivity index (χ1n) is 3.50. The van der Waals surface area contributed by atoms with Gasteiger partial charge < -0.3 is 11.5 Å². The third-order valence-electron chi connectivity index (χ3n) is 1.59. The molecule has 0 amide bonds. The molecule has 0 spiro atoms. The zero-order valence-electron chi connectivity index (χ0n) is 6.43. The van der Waals surface area contributed by atoms with Crippen LogP contribution in [-0.4, -0.2) is 6.54 Å². The molecule has 0 saturated carbocycles. The molecule has 66 valence electrons. The van der Waals surface area contributed by atoms with Crippen molar-refractivity contribution < 1.29 is 8.78 Å². The van der Waals surface area contributed by atoms with Crippen LogP contribution >= 0.6 is 0 Å². The Balaban J connectivity index is 2.96. The van der Waals surface area contributed by atoms with Gasteiger partial charge in [-0.15, -0.1) is 0 Å². The summed E-state index contributed by atoms with van der Waals surface area (Å²) in [4.78, 5) is 0. The van der Waals surface area contributed by atoms with Crippen molar-refractivity contribution in [2.75, 3.05) is 12.3 Å². The number of benzene rings is 1. The van der Waals surface area contributed by atoms with Crippen molar-refractivity contribution in [3.63, 3.8) is 0 Å². The molecular formula is C8H10F2N2. The molecule has 0 radical (unpaired) electrons. The number of hydrogen-bond donors (Lipinski definition) is 2. The molecule has 0 aliphatic heterocycles. The van der Waals surface area contributed by atoms with Gasteiger partial charge in [-0.3, -0.25) is 0 Å². The molecular weight excluding hydrogens is 162 g/mol. The summed E-state index contributed by atoms with van der Waals surface area (Å²) < 4.78 is 25.7. The van der Waals surface area contributed by atoms with E-state index in [0.717, 1.165) is 0 Å². The van der Waals surface area contributed by atoms with Gasteiger partial charge in [-0.2, -0.15) is 8.78 Å². The maximum absolute atomic E-state index is 12.9. The van der Waals surface area contributed by atoms with E-state index in [9.17, 15) is 8.78 Å². The van der Waals surface area contributed by atoms with Gasteiger partial charge in [-0.1, -0.05) is 12.1 Å². The van der Waals surface area contributed by atoms with Crippen molar-refractivity contribution in [1.29, 1.82) is 0 Å². The van der Waals surface area contributed by atoms with Gasteiger partial charge in [0.1, 0.15) is 0 Å². The highest BCUT2D eigenvalue weighted by molar-refractivity contribution is 5.40. The van der Waals surface area contributed by atoms with E-state index in [4.69, 9.17) is 11.5 Å². The Kier molecular flexibility index (Phi) is 2.28. The standard InChI is InChI=1S/C8H10F2N2/c9-8(10,5-11)6-1-3-7(12)4-2-6/h1-4H,5,11-12H2. The van der Waals surface area contributed by atoms with Crippen LogP contribution in [0.4, 0.5) is 14.5 Å². The first-order chi connectivity index (χ1) is 5.56. The highest BCUT2D eigenvalue weighted by atomic mass is 19.3. The van der Waals surface area contributed by atoms with Crippen LogP contribution in [0, 0.1) is 0 Å². The fraction of sp³-hybridized carbons (Fsp3) is 0.250. The molecule has 0 aliphatic rings. The molecule has 0 fully saturated rings. The van der Waals surface area contributed by atoms with Crippen molar-refractivity contribution in [3.05, 3.63) is 29.8 Å². The lowest BCUT2D eigenvalue weighted by molar-refractivity contribution is 0.00597. The maximum atomic E-state index is 12.9. The summed E-state index contributed by atoms with van der Waals surface area (Å²) in [6, 6.07) is 5.42. The van der Waals surface area contributed by atoms with Gasteiger partial charge in [0.2, 0.25) is 0 Å². The highest BCUT2D eigenvalue weighted by Gasteiger charge is 2.28. The smallest absolute Gasteiger partial charge is 0.285 e. The van der Waals surface area contributed by atoms with Gasteiger partial charge in [0, 0.05) is 11.3 Å². The molecule has 0 heterocycles. The Bertz CT molecular complexity index is 256. The minimum absolute atomic E-state index is 0.0980. The van der Waals surface area contributed by atoms with Gasteiger partial charge in [0.25, 0.3) is 5.92 Å². The van der Waals surface area contributed by atoms with Gasteiger partial charge in [0.15, 0.2) is 0 Å². The summed E-state index contributed by atoms with van der Waals surface area (Å²) in [6.45, 7) is -0.684. The summed E-state index contributed by atoms with van der Waals surface area (Å²) in [5.74, 6) is -2.95. The number of halogens is 2. The number of anilines is 1. The van der Waals surface area contributed by atoms with E-state index >= 15 is 0 Å². The summed E-state index contributed by atoms with van der Waals surface area (Å²) in [7, 11) is 0. The Morgan fingerprint density at radius 2 is 1.67 bits per heavy atom. The normalized spacial score (nSPS) is 11.6. The van der Waals surface area contributed by atoms with E-state index in [-0.39, 0.29) is 5.56 Å². The number of nitrogens with two attached hydrogens (primary N) is 2. The van der Waals surface area contributed by atoms with E-state index in [2.05, 4.69) is 0 Å². The largest absolute Gasteiger partial charge is 0.399 e. The van der Waals surface area contributed by atoms with Crippen LogP contribution in [0.25, 0.3) is 0 Å². The predicted molar refractivity (Wildman–Crippen MR) is 43.8 cm³/mol. The van der Waals surface area contributed by atoms with Gasteiger partial charge >= 0.3 is 0 Å². The molecule has 1 rings (SSSR count). The molecule has 0 bridgehead atoms.